The predicted octanol–water partition coefficient (Wildman–Crippen LogP) is 3.40. The molecular weight excluding hydrogens is 312 g/mol. The molecule has 1 aliphatic heterocycles. The van der Waals surface area contributed by atoms with Crippen LogP contribution in [0.5, 0.6) is 11.5 Å². The minimum absolute atomic E-state index is 0.00511. The maximum atomic E-state index is 12.4. The van der Waals surface area contributed by atoms with Crippen molar-refractivity contribution < 1.29 is 19.6 Å². The number of non-ortho nitro benzene ring substituents is 1. The molecule has 0 aliphatic carbocycles. The molecule has 2 heterocycles. The Kier molecular flexibility index (Phi) is 2.89. The predicted molar refractivity (Wildman–Crippen MR) is 86.0 cm³/mol. The largest absolute Gasteiger partial charge is 0.508 e. The van der Waals surface area contributed by atoms with Gasteiger partial charge in [-0.05, 0) is 24.3 Å². The smallest absolute Gasteiger partial charge is 0.270 e. The first kappa shape index (κ1) is 14.0. The van der Waals surface area contributed by atoms with Gasteiger partial charge in [0.1, 0.15) is 11.5 Å². The molecule has 0 unspecified atom stereocenters. The average Bonchev–Trinajstić information content (AvgIpc) is 3.09. The average molecular weight is 322 g/mol. The van der Waals surface area contributed by atoms with Crippen LogP contribution >= 0.6 is 0 Å². The Bertz CT molecular complexity index is 1050. The second kappa shape index (κ2) is 4.95. The van der Waals surface area contributed by atoms with E-state index in [0.717, 1.165) is 0 Å². The number of aromatic hydroxyl groups is 1. The van der Waals surface area contributed by atoms with Crippen LogP contribution in [0.25, 0.3) is 17.0 Å². The summed E-state index contributed by atoms with van der Waals surface area (Å²) in [7, 11) is 0. The van der Waals surface area contributed by atoms with E-state index in [1.54, 1.807) is 12.3 Å². The highest BCUT2D eigenvalue weighted by Gasteiger charge is 2.27. The summed E-state index contributed by atoms with van der Waals surface area (Å²) < 4.78 is 5.50. The summed E-state index contributed by atoms with van der Waals surface area (Å²) in [6, 6.07) is 8.74. The quantitative estimate of drug-likeness (QED) is 0.427. The molecule has 0 saturated carbocycles. The zero-order chi connectivity index (χ0) is 16.8. The van der Waals surface area contributed by atoms with Crippen molar-refractivity contribution >= 4 is 28.4 Å². The Hall–Kier alpha value is -3.61. The normalized spacial score (nSPS) is 14.8. The van der Waals surface area contributed by atoms with Gasteiger partial charge in [-0.3, -0.25) is 14.9 Å². The fraction of sp³-hybridized carbons (Fsp3) is 0. The van der Waals surface area contributed by atoms with Crippen LogP contribution in [0.1, 0.15) is 15.9 Å². The van der Waals surface area contributed by atoms with E-state index in [1.807, 2.05) is 0 Å². The number of aromatic amines is 1. The lowest BCUT2D eigenvalue weighted by atomic mass is 10.1. The summed E-state index contributed by atoms with van der Waals surface area (Å²) in [6.45, 7) is 0. The lowest BCUT2D eigenvalue weighted by Crippen LogP contribution is -1.97. The number of benzene rings is 2. The number of nitrogens with one attached hydrogen (secondary N) is 1. The van der Waals surface area contributed by atoms with Crippen LogP contribution in [0.2, 0.25) is 0 Å². The standard InChI is InChI=1S/C17H10N2O5/c20-11-2-3-12-15(7-11)24-16(17(12)21)5-9-8-18-14-4-1-10(19(22)23)6-13(9)14/h1-8,18,20H. The van der Waals surface area contributed by atoms with Crippen molar-refractivity contribution in [2.24, 2.45) is 0 Å². The van der Waals surface area contributed by atoms with E-state index in [1.165, 1.54) is 36.4 Å². The molecule has 0 bridgehead atoms. The fourth-order valence-corrected chi connectivity index (χ4v) is 2.68. The van der Waals surface area contributed by atoms with Crippen molar-refractivity contribution in [3.05, 3.63) is 69.6 Å². The molecule has 2 aromatic carbocycles. The molecule has 4 rings (SSSR count). The number of carbonyl (C=O) groups is 1. The number of phenols is 1. The Morgan fingerprint density at radius 3 is 2.83 bits per heavy atom. The van der Waals surface area contributed by atoms with Gasteiger partial charge >= 0.3 is 0 Å². The number of H-pyrrole nitrogens is 1. The number of hydrogen-bond donors (Lipinski definition) is 2. The number of nitrogens with zero attached hydrogens (tertiary/aromatic N) is 1. The van der Waals surface area contributed by atoms with Crippen molar-refractivity contribution in [1.29, 1.82) is 0 Å². The monoisotopic (exact) mass is 322 g/mol. The molecule has 2 N–H and O–H groups in total. The van der Waals surface area contributed by atoms with Crippen LogP contribution in [0, 0.1) is 10.1 Å². The highest BCUT2D eigenvalue weighted by atomic mass is 16.6. The highest BCUT2D eigenvalue weighted by Crippen LogP contribution is 2.35. The van der Waals surface area contributed by atoms with E-state index in [4.69, 9.17) is 4.74 Å². The summed E-state index contributed by atoms with van der Waals surface area (Å²) in [5, 5.41) is 21.0. The van der Waals surface area contributed by atoms with Gasteiger partial charge in [0.2, 0.25) is 5.78 Å². The second-order valence-corrected chi connectivity index (χ2v) is 5.35. The number of ether oxygens (including phenoxy) is 1. The first-order valence-electron chi connectivity index (χ1n) is 7.06. The molecule has 0 atom stereocenters. The molecule has 0 amide bonds. The van der Waals surface area contributed by atoms with E-state index in [9.17, 15) is 20.0 Å². The lowest BCUT2D eigenvalue weighted by molar-refractivity contribution is -0.384. The van der Waals surface area contributed by atoms with Gasteiger partial charge in [0.15, 0.2) is 5.76 Å². The van der Waals surface area contributed by atoms with Gasteiger partial charge in [0, 0.05) is 40.9 Å². The van der Waals surface area contributed by atoms with Crippen LogP contribution in [0.15, 0.2) is 48.4 Å². The van der Waals surface area contributed by atoms with Gasteiger partial charge in [-0.15, -0.1) is 0 Å². The van der Waals surface area contributed by atoms with Gasteiger partial charge in [-0.1, -0.05) is 0 Å². The van der Waals surface area contributed by atoms with Crippen molar-refractivity contribution in [2.75, 3.05) is 0 Å². The molecule has 1 aromatic heterocycles. The number of allylic oxidation sites excluding steroid dienone is 1. The number of nitro groups is 1. The SMILES string of the molecule is O=C1C(=Cc2c[nH]c3ccc([N+](=O)[O-])cc23)Oc2cc(O)ccc21. The number of Topliss-reactive ketones (excluding diaryl/α,β-unsaturated/α-hetero) is 1. The van der Waals surface area contributed by atoms with Crippen LogP contribution in [0.3, 0.4) is 0 Å². The van der Waals surface area contributed by atoms with Crippen molar-refractivity contribution in [2.45, 2.75) is 0 Å². The molecule has 7 nitrogen and oxygen atoms in total. The molecule has 0 spiro atoms. The number of aromatic nitrogens is 1. The summed E-state index contributed by atoms with van der Waals surface area (Å²) >= 11 is 0. The molecule has 0 fully saturated rings. The Labute approximate surface area is 135 Å². The van der Waals surface area contributed by atoms with E-state index >= 15 is 0 Å². The maximum Gasteiger partial charge on any atom is 0.270 e. The molecule has 118 valence electrons. The number of rotatable bonds is 2. The molecule has 24 heavy (non-hydrogen) atoms. The number of carbonyl (C=O) groups excluding carboxylic acids is 1. The van der Waals surface area contributed by atoms with E-state index in [-0.39, 0.29) is 28.7 Å². The summed E-state index contributed by atoms with van der Waals surface area (Å²) in [6.07, 6.45) is 3.18. The first-order chi connectivity index (χ1) is 11.5. The summed E-state index contributed by atoms with van der Waals surface area (Å²) in [5.41, 5.74) is 1.65. The van der Waals surface area contributed by atoms with Crippen LogP contribution in [-0.4, -0.2) is 20.8 Å². The minimum atomic E-state index is -0.473. The second-order valence-electron chi connectivity index (χ2n) is 5.35. The Morgan fingerprint density at radius 2 is 2.04 bits per heavy atom. The Balaban J connectivity index is 1.79. The van der Waals surface area contributed by atoms with Crippen LogP contribution in [0.4, 0.5) is 5.69 Å². The number of hydrogen-bond acceptors (Lipinski definition) is 5. The molecule has 3 aromatic rings. The molecular formula is C17H10N2O5. The third kappa shape index (κ3) is 2.11. The van der Waals surface area contributed by atoms with Gasteiger partial charge in [0.05, 0.1) is 10.5 Å². The van der Waals surface area contributed by atoms with E-state index in [2.05, 4.69) is 4.98 Å². The van der Waals surface area contributed by atoms with Gasteiger partial charge in [0.25, 0.3) is 5.69 Å². The van der Waals surface area contributed by atoms with E-state index < -0.39 is 4.92 Å². The van der Waals surface area contributed by atoms with Crippen LogP contribution in [-0.2, 0) is 0 Å². The Morgan fingerprint density at radius 1 is 1.21 bits per heavy atom. The number of nitro benzene ring substituents is 1. The van der Waals surface area contributed by atoms with Crippen molar-refractivity contribution in [3.8, 4) is 11.5 Å². The molecule has 7 heteroatoms. The van der Waals surface area contributed by atoms with Crippen LogP contribution < -0.4 is 4.74 Å². The van der Waals surface area contributed by atoms with E-state index in [0.29, 0.717) is 22.0 Å². The topological polar surface area (TPSA) is 105 Å². The lowest BCUT2D eigenvalue weighted by Gasteiger charge is -1.98. The zero-order valence-electron chi connectivity index (χ0n) is 12.1. The number of phenolic OH excluding ortho intramolecular Hbond substituents is 1. The van der Waals surface area contributed by atoms with Crippen molar-refractivity contribution in [1.82, 2.24) is 4.98 Å². The highest BCUT2D eigenvalue weighted by molar-refractivity contribution is 6.15. The third-order valence-electron chi connectivity index (χ3n) is 3.85. The van der Waals surface area contributed by atoms with Gasteiger partial charge in [-0.25, -0.2) is 0 Å². The maximum absolute atomic E-state index is 12.4. The van der Waals surface area contributed by atoms with Gasteiger partial charge in [-0.2, -0.15) is 0 Å². The summed E-state index contributed by atoms with van der Waals surface area (Å²) in [4.78, 5) is 25.8. The molecule has 0 saturated heterocycles. The summed E-state index contributed by atoms with van der Waals surface area (Å²) in [5.74, 6) is 0.0929. The van der Waals surface area contributed by atoms with Gasteiger partial charge < -0.3 is 14.8 Å². The zero-order valence-corrected chi connectivity index (χ0v) is 12.1. The third-order valence-corrected chi connectivity index (χ3v) is 3.85. The number of ketones is 1. The fourth-order valence-electron chi connectivity index (χ4n) is 2.68. The molecule has 1 aliphatic rings. The minimum Gasteiger partial charge on any atom is -0.508 e. The number of fused-ring (bicyclic) bond motifs is 2. The molecule has 0 radical (unpaired) electrons. The first-order valence-corrected chi connectivity index (χ1v) is 7.06. The van der Waals surface area contributed by atoms with Crippen molar-refractivity contribution in [3.63, 3.8) is 0 Å².